The van der Waals surface area contributed by atoms with Crippen molar-refractivity contribution in [1.29, 1.82) is 0 Å². The topological polar surface area (TPSA) is 69.0 Å². The number of nitrogens with one attached hydrogen (secondary N) is 1. The summed E-state index contributed by atoms with van der Waals surface area (Å²) < 4.78 is 7.87. The zero-order valence-corrected chi connectivity index (χ0v) is 12.6. The first-order chi connectivity index (χ1) is 10.1. The fourth-order valence-electron chi connectivity index (χ4n) is 2.67. The third kappa shape index (κ3) is 2.34. The first kappa shape index (κ1) is 13.9. The molecule has 0 bridgehead atoms. The van der Waals surface area contributed by atoms with E-state index >= 15 is 0 Å². The molecule has 5 heteroatoms. The highest BCUT2D eigenvalue weighted by atomic mass is 16.3. The predicted molar refractivity (Wildman–Crippen MR) is 82.7 cm³/mol. The molecule has 3 aromatic rings. The molecular formula is C16H20N4O. The number of nitrogens with zero attached hydrogens (tertiary/aromatic N) is 2. The molecular weight excluding hydrogens is 264 g/mol. The smallest absolute Gasteiger partial charge is 0.137 e. The minimum atomic E-state index is -0.213. The van der Waals surface area contributed by atoms with E-state index in [-0.39, 0.29) is 6.04 Å². The largest absolute Gasteiger partial charge is 0.459 e. The Hall–Kier alpha value is -2.11. The van der Waals surface area contributed by atoms with Gasteiger partial charge < -0.3 is 4.42 Å². The average molecular weight is 284 g/mol. The van der Waals surface area contributed by atoms with Crippen LogP contribution in [0, 0.1) is 6.92 Å². The molecule has 110 valence electrons. The third-order valence-electron chi connectivity index (χ3n) is 3.84. The molecule has 0 amide bonds. The van der Waals surface area contributed by atoms with Gasteiger partial charge in [0.05, 0.1) is 11.4 Å². The van der Waals surface area contributed by atoms with Crippen LogP contribution >= 0.6 is 0 Å². The van der Waals surface area contributed by atoms with Crippen LogP contribution in [0.1, 0.15) is 35.7 Å². The number of hydrogen-bond donors (Lipinski definition) is 2. The second kappa shape index (κ2) is 5.35. The van der Waals surface area contributed by atoms with E-state index in [1.54, 1.807) is 0 Å². The molecule has 0 saturated carbocycles. The zero-order chi connectivity index (χ0) is 15.0. The van der Waals surface area contributed by atoms with Gasteiger partial charge in [-0.25, -0.2) is 5.43 Å². The van der Waals surface area contributed by atoms with Gasteiger partial charge in [-0.05, 0) is 31.0 Å². The monoisotopic (exact) mass is 284 g/mol. The highest BCUT2D eigenvalue weighted by Crippen LogP contribution is 2.29. The second-order valence-electron chi connectivity index (χ2n) is 5.28. The van der Waals surface area contributed by atoms with Gasteiger partial charge in [0.15, 0.2) is 0 Å². The molecule has 3 N–H and O–H groups in total. The van der Waals surface area contributed by atoms with Crippen molar-refractivity contribution < 1.29 is 4.42 Å². The van der Waals surface area contributed by atoms with Gasteiger partial charge >= 0.3 is 0 Å². The maximum absolute atomic E-state index is 6.02. The molecule has 2 heterocycles. The second-order valence-corrected chi connectivity index (χ2v) is 5.28. The Morgan fingerprint density at radius 3 is 2.81 bits per heavy atom. The third-order valence-corrected chi connectivity index (χ3v) is 3.84. The number of nitrogens with two attached hydrogens (primary N) is 1. The summed E-state index contributed by atoms with van der Waals surface area (Å²) >= 11 is 0. The lowest BCUT2D eigenvalue weighted by molar-refractivity contribution is 0.458. The number of benzene rings is 1. The molecule has 21 heavy (non-hydrogen) atoms. The summed E-state index contributed by atoms with van der Waals surface area (Å²) in [5, 5.41) is 5.56. The lowest BCUT2D eigenvalue weighted by atomic mass is 10.1. The van der Waals surface area contributed by atoms with Gasteiger partial charge in [-0.1, -0.05) is 25.1 Å². The van der Waals surface area contributed by atoms with Gasteiger partial charge in [0.1, 0.15) is 17.4 Å². The van der Waals surface area contributed by atoms with Gasteiger partial charge in [-0.2, -0.15) is 5.10 Å². The molecule has 5 nitrogen and oxygen atoms in total. The van der Waals surface area contributed by atoms with Crippen molar-refractivity contribution in [3.8, 4) is 0 Å². The molecule has 3 rings (SSSR count). The van der Waals surface area contributed by atoms with Crippen molar-refractivity contribution in [2.45, 2.75) is 26.3 Å². The van der Waals surface area contributed by atoms with Crippen molar-refractivity contribution in [3.05, 3.63) is 53.0 Å². The van der Waals surface area contributed by atoms with Gasteiger partial charge in [0.2, 0.25) is 0 Å². The highest BCUT2D eigenvalue weighted by molar-refractivity contribution is 5.81. The van der Waals surface area contributed by atoms with E-state index < -0.39 is 0 Å². The van der Waals surface area contributed by atoms with Crippen molar-refractivity contribution in [3.63, 3.8) is 0 Å². The normalized spacial score (nSPS) is 13.0. The Morgan fingerprint density at radius 1 is 1.38 bits per heavy atom. The summed E-state index contributed by atoms with van der Waals surface area (Å²) in [5.74, 6) is 6.56. The van der Waals surface area contributed by atoms with Crippen LogP contribution in [0.25, 0.3) is 11.0 Å². The first-order valence-corrected chi connectivity index (χ1v) is 7.12. The maximum atomic E-state index is 6.02. The minimum Gasteiger partial charge on any atom is -0.459 e. The molecule has 0 saturated heterocycles. The molecule has 0 aliphatic carbocycles. The minimum absolute atomic E-state index is 0.213. The van der Waals surface area contributed by atoms with Crippen LogP contribution in [-0.2, 0) is 13.5 Å². The highest BCUT2D eigenvalue weighted by Gasteiger charge is 2.21. The molecule has 0 radical (unpaired) electrons. The first-order valence-electron chi connectivity index (χ1n) is 7.12. The zero-order valence-electron chi connectivity index (χ0n) is 12.6. The Morgan fingerprint density at radius 2 is 2.19 bits per heavy atom. The number of furan rings is 1. The molecule has 0 aliphatic rings. The SMILES string of the molecule is CCc1cc(C(NN)c2cc3cccc(C)c3o2)n(C)n1. The van der Waals surface area contributed by atoms with Crippen molar-refractivity contribution in [1.82, 2.24) is 15.2 Å². The van der Waals surface area contributed by atoms with Crippen molar-refractivity contribution in [2.24, 2.45) is 12.9 Å². The fourth-order valence-corrected chi connectivity index (χ4v) is 2.67. The van der Waals surface area contributed by atoms with Crippen LogP contribution in [0.15, 0.2) is 34.7 Å². The quantitative estimate of drug-likeness (QED) is 0.571. The van der Waals surface area contributed by atoms with Gasteiger partial charge in [-0.15, -0.1) is 0 Å². The lowest BCUT2D eigenvalue weighted by Crippen LogP contribution is -2.30. The number of fused-ring (bicyclic) bond motifs is 1. The summed E-state index contributed by atoms with van der Waals surface area (Å²) in [6.07, 6.45) is 0.893. The van der Waals surface area contributed by atoms with E-state index in [9.17, 15) is 0 Å². The Balaban J connectivity index is 2.09. The molecule has 0 aliphatic heterocycles. The summed E-state index contributed by atoms with van der Waals surface area (Å²) in [4.78, 5) is 0. The fraction of sp³-hybridized carbons (Fsp3) is 0.312. The molecule has 1 aromatic carbocycles. The van der Waals surface area contributed by atoms with E-state index in [1.807, 2.05) is 42.9 Å². The number of hydrogen-bond acceptors (Lipinski definition) is 4. The number of hydrazine groups is 1. The van der Waals surface area contributed by atoms with E-state index in [2.05, 4.69) is 23.5 Å². The van der Waals surface area contributed by atoms with Gasteiger partial charge in [0, 0.05) is 12.4 Å². The summed E-state index contributed by atoms with van der Waals surface area (Å²) in [6.45, 7) is 4.13. The van der Waals surface area contributed by atoms with Crippen molar-refractivity contribution in [2.75, 3.05) is 0 Å². The average Bonchev–Trinajstić information content (AvgIpc) is 3.05. The van der Waals surface area contributed by atoms with E-state index in [0.717, 1.165) is 40.1 Å². The van der Waals surface area contributed by atoms with Crippen molar-refractivity contribution >= 4 is 11.0 Å². The van der Waals surface area contributed by atoms with Crippen LogP contribution in [0.4, 0.5) is 0 Å². The maximum Gasteiger partial charge on any atom is 0.137 e. The number of aryl methyl sites for hydroxylation is 3. The van der Waals surface area contributed by atoms with Crippen LogP contribution in [0.5, 0.6) is 0 Å². The standard InChI is InChI=1S/C16H20N4O/c1-4-12-9-13(20(3)19-12)15(18-17)14-8-11-7-5-6-10(2)16(11)21-14/h5-9,15,18H,4,17H2,1-3H3. The van der Waals surface area contributed by atoms with Crippen LogP contribution in [-0.4, -0.2) is 9.78 Å². The number of para-hydroxylation sites is 1. The molecule has 1 unspecified atom stereocenters. The Labute approximate surface area is 123 Å². The van der Waals surface area contributed by atoms with E-state index in [0.29, 0.717) is 0 Å². The van der Waals surface area contributed by atoms with Gasteiger partial charge in [-0.3, -0.25) is 10.5 Å². The molecule has 2 aromatic heterocycles. The van der Waals surface area contributed by atoms with Crippen LogP contribution in [0.2, 0.25) is 0 Å². The Kier molecular flexibility index (Phi) is 3.53. The Bertz CT molecular complexity index is 772. The molecule has 0 fully saturated rings. The summed E-state index contributed by atoms with van der Waals surface area (Å²) in [6, 6.07) is 10.00. The summed E-state index contributed by atoms with van der Waals surface area (Å²) in [5.41, 5.74) is 6.90. The number of rotatable bonds is 4. The molecule has 0 spiro atoms. The van der Waals surface area contributed by atoms with Gasteiger partial charge in [0.25, 0.3) is 0 Å². The van der Waals surface area contributed by atoms with Crippen LogP contribution in [0.3, 0.4) is 0 Å². The van der Waals surface area contributed by atoms with E-state index in [4.69, 9.17) is 10.3 Å². The van der Waals surface area contributed by atoms with Crippen LogP contribution < -0.4 is 11.3 Å². The summed E-state index contributed by atoms with van der Waals surface area (Å²) in [7, 11) is 1.92. The lowest BCUT2D eigenvalue weighted by Gasteiger charge is -2.13. The predicted octanol–water partition coefficient (Wildman–Crippen LogP) is 2.59. The van der Waals surface area contributed by atoms with E-state index in [1.165, 1.54) is 0 Å². The number of aromatic nitrogens is 2. The molecule has 1 atom stereocenters.